The van der Waals surface area contributed by atoms with Crippen molar-refractivity contribution in [3.63, 3.8) is 0 Å². The maximum Gasteiger partial charge on any atom is 0.245 e. The summed E-state index contributed by atoms with van der Waals surface area (Å²) in [7, 11) is 0. The number of aromatic nitrogens is 1. The lowest BCUT2D eigenvalue weighted by Crippen LogP contribution is -2.15. The minimum atomic E-state index is -0.574. The highest BCUT2D eigenvalue weighted by Gasteiger charge is 2.24. The fraction of sp³-hybridized carbons (Fsp3) is 0.333. The first-order valence-corrected chi connectivity index (χ1v) is 7.56. The molecule has 1 N–H and O–H groups in total. The summed E-state index contributed by atoms with van der Waals surface area (Å²) in [5.74, 6) is 0.000170. The van der Waals surface area contributed by atoms with Crippen LogP contribution in [0.2, 0.25) is 0 Å². The van der Waals surface area contributed by atoms with E-state index in [-0.39, 0.29) is 16.8 Å². The molecule has 2 rings (SSSR count). The van der Waals surface area contributed by atoms with E-state index in [0.717, 1.165) is 16.8 Å². The van der Waals surface area contributed by atoms with Gasteiger partial charge in [0.15, 0.2) is 5.69 Å². The minimum absolute atomic E-state index is 0.0722. The summed E-state index contributed by atoms with van der Waals surface area (Å²) in [6, 6.07) is 9.04. The van der Waals surface area contributed by atoms with Crippen LogP contribution in [0.15, 0.2) is 33.9 Å². The van der Waals surface area contributed by atoms with Gasteiger partial charge in [-0.05, 0) is 31.0 Å². The molecule has 6 heteroatoms. The Kier molecular flexibility index (Phi) is 4.84. The molecule has 1 heterocycles. The maximum absolute atomic E-state index is 12.4. The minimum Gasteiger partial charge on any atom is -0.360 e. The summed E-state index contributed by atoms with van der Waals surface area (Å²) in [6.45, 7) is 9.76. The monoisotopic (exact) mass is 324 g/mol. The van der Waals surface area contributed by atoms with Gasteiger partial charge in [-0.15, -0.1) is 0 Å². The van der Waals surface area contributed by atoms with Crippen LogP contribution in [0.5, 0.6) is 0 Å². The SMILES string of the molecule is Cc1cccc(NN=C(C#N)C(=O)c2cc(C(C)(C)C)on2)c1C. The van der Waals surface area contributed by atoms with Gasteiger partial charge in [0.25, 0.3) is 0 Å². The number of hydrazone groups is 1. The van der Waals surface area contributed by atoms with E-state index in [9.17, 15) is 10.1 Å². The van der Waals surface area contributed by atoms with E-state index in [2.05, 4.69) is 15.7 Å². The van der Waals surface area contributed by atoms with E-state index >= 15 is 0 Å². The summed E-state index contributed by atoms with van der Waals surface area (Å²) in [5.41, 5.74) is 5.14. The fourth-order valence-electron chi connectivity index (χ4n) is 1.97. The van der Waals surface area contributed by atoms with Gasteiger partial charge < -0.3 is 4.52 Å². The van der Waals surface area contributed by atoms with Gasteiger partial charge in [0.1, 0.15) is 11.8 Å². The molecule has 0 fully saturated rings. The third kappa shape index (κ3) is 3.69. The van der Waals surface area contributed by atoms with Crippen molar-refractivity contribution in [1.82, 2.24) is 5.16 Å². The second kappa shape index (κ2) is 6.67. The molecule has 0 saturated carbocycles. The molecule has 0 unspecified atom stereocenters. The smallest absolute Gasteiger partial charge is 0.245 e. The van der Waals surface area contributed by atoms with Crippen molar-refractivity contribution in [3.8, 4) is 6.07 Å². The predicted molar refractivity (Wildman–Crippen MR) is 92.1 cm³/mol. The summed E-state index contributed by atoms with van der Waals surface area (Å²) >= 11 is 0. The highest BCUT2D eigenvalue weighted by molar-refractivity contribution is 6.51. The van der Waals surface area contributed by atoms with E-state index in [1.165, 1.54) is 0 Å². The molecule has 1 aromatic heterocycles. The Morgan fingerprint density at radius 3 is 2.62 bits per heavy atom. The van der Waals surface area contributed by atoms with Gasteiger partial charge in [-0.25, -0.2) is 0 Å². The molecule has 0 radical (unpaired) electrons. The number of nitrogens with zero attached hydrogens (tertiary/aromatic N) is 3. The Morgan fingerprint density at radius 2 is 2.04 bits per heavy atom. The number of ketones is 1. The van der Waals surface area contributed by atoms with Gasteiger partial charge in [-0.2, -0.15) is 10.4 Å². The summed E-state index contributed by atoms with van der Waals surface area (Å²) in [4.78, 5) is 12.4. The number of nitrogens with one attached hydrogen (secondary N) is 1. The van der Waals surface area contributed by atoms with Crippen LogP contribution < -0.4 is 5.43 Å². The van der Waals surface area contributed by atoms with Crippen molar-refractivity contribution >= 4 is 17.2 Å². The van der Waals surface area contributed by atoms with E-state index in [4.69, 9.17) is 4.52 Å². The first-order chi connectivity index (χ1) is 11.2. The maximum atomic E-state index is 12.4. The van der Waals surface area contributed by atoms with Crippen molar-refractivity contribution in [3.05, 3.63) is 46.8 Å². The van der Waals surface area contributed by atoms with Crippen LogP contribution in [0, 0.1) is 25.2 Å². The van der Waals surface area contributed by atoms with E-state index < -0.39 is 5.78 Å². The van der Waals surface area contributed by atoms with Crippen LogP contribution in [-0.4, -0.2) is 16.7 Å². The first kappa shape index (κ1) is 17.4. The second-order valence-corrected chi connectivity index (χ2v) is 6.59. The Bertz CT molecular complexity index is 835. The number of Topliss-reactive ketones (excluding diaryl/α,β-unsaturated/α-hetero) is 1. The fourth-order valence-corrected chi connectivity index (χ4v) is 1.97. The lowest BCUT2D eigenvalue weighted by atomic mass is 9.93. The third-order valence-electron chi connectivity index (χ3n) is 3.70. The number of anilines is 1. The van der Waals surface area contributed by atoms with Crippen LogP contribution in [0.25, 0.3) is 0 Å². The molecule has 0 aliphatic heterocycles. The van der Waals surface area contributed by atoms with Crippen molar-refractivity contribution in [2.45, 2.75) is 40.0 Å². The summed E-state index contributed by atoms with van der Waals surface area (Å²) in [5, 5.41) is 16.9. The molecule has 0 aliphatic carbocycles. The molecular weight excluding hydrogens is 304 g/mol. The van der Waals surface area contributed by atoms with Crippen LogP contribution in [0.4, 0.5) is 5.69 Å². The normalized spacial score (nSPS) is 11.9. The molecule has 0 aliphatic rings. The number of rotatable bonds is 4. The van der Waals surface area contributed by atoms with Crippen molar-refractivity contribution in [1.29, 1.82) is 5.26 Å². The Balaban J connectivity index is 2.25. The quantitative estimate of drug-likeness (QED) is 0.525. The zero-order chi connectivity index (χ0) is 17.9. The molecule has 0 amide bonds. The molecule has 124 valence electrons. The standard InChI is InChI=1S/C18H20N4O2/c1-11-7-6-8-13(12(11)2)20-21-15(10-19)17(23)14-9-16(24-22-14)18(3,4)5/h6-9,20H,1-5H3. The molecule has 6 nitrogen and oxygen atoms in total. The second-order valence-electron chi connectivity index (χ2n) is 6.59. The van der Waals surface area contributed by atoms with Crippen molar-refractivity contribution in [2.75, 3.05) is 5.43 Å². The van der Waals surface area contributed by atoms with Crippen LogP contribution in [-0.2, 0) is 5.41 Å². The number of nitriles is 1. The van der Waals surface area contributed by atoms with Gasteiger partial charge in [0.05, 0.1) is 5.69 Å². The number of carbonyl (C=O) groups is 1. The summed E-state index contributed by atoms with van der Waals surface area (Å²) < 4.78 is 5.19. The first-order valence-electron chi connectivity index (χ1n) is 7.56. The Labute approximate surface area is 141 Å². The topological polar surface area (TPSA) is 91.3 Å². The zero-order valence-electron chi connectivity index (χ0n) is 14.5. The highest BCUT2D eigenvalue weighted by atomic mass is 16.5. The van der Waals surface area contributed by atoms with Gasteiger partial charge in [0.2, 0.25) is 11.5 Å². The summed E-state index contributed by atoms with van der Waals surface area (Å²) in [6.07, 6.45) is 0. The Hall–Kier alpha value is -2.94. The molecule has 1 aromatic carbocycles. The molecule has 2 aromatic rings. The lowest BCUT2D eigenvalue weighted by Gasteiger charge is -2.12. The largest absolute Gasteiger partial charge is 0.360 e. The number of hydrogen-bond donors (Lipinski definition) is 1. The van der Waals surface area contributed by atoms with Gasteiger partial charge in [0, 0.05) is 11.5 Å². The Morgan fingerprint density at radius 1 is 1.33 bits per heavy atom. The average Bonchev–Trinajstić information content (AvgIpc) is 3.01. The number of hydrogen-bond acceptors (Lipinski definition) is 6. The van der Waals surface area contributed by atoms with E-state index in [0.29, 0.717) is 5.76 Å². The van der Waals surface area contributed by atoms with E-state index in [1.54, 1.807) is 6.07 Å². The van der Waals surface area contributed by atoms with E-state index in [1.807, 2.05) is 58.9 Å². The average molecular weight is 324 g/mol. The molecule has 24 heavy (non-hydrogen) atoms. The highest BCUT2D eigenvalue weighted by Crippen LogP contribution is 2.23. The number of aryl methyl sites for hydroxylation is 1. The molecule has 0 bridgehead atoms. The van der Waals surface area contributed by atoms with Gasteiger partial charge in [-0.1, -0.05) is 38.1 Å². The predicted octanol–water partition coefficient (Wildman–Crippen LogP) is 3.76. The van der Waals surface area contributed by atoms with Gasteiger partial charge in [-0.3, -0.25) is 10.2 Å². The van der Waals surface area contributed by atoms with Crippen LogP contribution in [0.1, 0.15) is 48.1 Å². The number of benzene rings is 1. The molecule has 0 atom stereocenters. The third-order valence-corrected chi connectivity index (χ3v) is 3.70. The molecule has 0 saturated heterocycles. The van der Waals surface area contributed by atoms with Crippen molar-refractivity contribution in [2.24, 2.45) is 5.10 Å². The van der Waals surface area contributed by atoms with Gasteiger partial charge >= 0.3 is 0 Å². The molecule has 0 spiro atoms. The van der Waals surface area contributed by atoms with Crippen LogP contribution >= 0.6 is 0 Å². The lowest BCUT2D eigenvalue weighted by molar-refractivity contribution is 0.105. The number of carbonyl (C=O) groups excluding carboxylic acids is 1. The zero-order valence-corrected chi connectivity index (χ0v) is 14.5. The van der Waals surface area contributed by atoms with Crippen LogP contribution in [0.3, 0.4) is 0 Å². The molecular formula is C18H20N4O2. The van der Waals surface area contributed by atoms with Crippen molar-refractivity contribution < 1.29 is 9.32 Å².